The predicted molar refractivity (Wildman–Crippen MR) is 110 cm³/mol. The molecule has 1 atom stereocenters. The van der Waals surface area contributed by atoms with Gasteiger partial charge in [0.1, 0.15) is 0 Å². The van der Waals surface area contributed by atoms with Crippen molar-refractivity contribution in [2.75, 3.05) is 0 Å². The summed E-state index contributed by atoms with van der Waals surface area (Å²) >= 11 is 0. The second-order valence-electron chi connectivity index (χ2n) is 6.90. The maximum atomic E-state index is 4.38. The third-order valence-corrected chi connectivity index (χ3v) is 4.71. The highest BCUT2D eigenvalue weighted by Gasteiger charge is 2.27. The zero-order valence-electron chi connectivity index (χ0n) is 16.5. The Morgan fingerprint density at radius 3 is 1.92 bits per heavy atom. The molecule has 138 valence electrons. The molecule has 0 aliphatic rings. The van der Waals surface area contributed by atoms with Crippen LogP contribution in [0.25, 0.3) is 0 Å². The smallest absolute Gasteiger partial charge is 0.0949 e. The molecule has 0 aromatic heterocycles. The molecule has 0 saturated heterocycles. The zero-order chi connectivity index (χ0) is 18.1. The summed E-state index contributed by atoms with van der Waals surface area (Å²) in [4.78, 5) is 6.59. The summed E-state index contributed by atoms with van der Waals surface area (Å²) in [6, 6.07) is 0. The Balaban J connectivity index is 4.76. The lowest BCUT2D eigenvalue weighted by Crippen LogP contribution is -2.42. The van der Waals surface area contributed by atoms with Gasteiger partial charge in [-0.05, 0) is 32.0 Å². The Bertz CT molecular complexity index is 370. The van der Waals surface area contributed by atoms with Crippen molar-refractivity contribution in [3.05, 3.63) is 37.7 Å². The van der Waals surface area contributed by atoms with Gasteiger partial charge in [-0.25, -0.2) is 4.99 Å². The summed E-state index contributed by atoms with van der Waals surface area (Å²) in [6.45, 7) is 14.6. The molecule has 0 bridgehead atoms. The van der Waals surface area contributed by atoms with Crippen molar-refractivity contribution >= 4 is 6.34 Å². The van der Waals surface area contributed by atoms with Gasteiger partial charge < -0.3 is 4.90 Å². The monoisotopic (exact) mass is 332 g/mol. The van der Waals surface area contributed by atoms with E-state index >= 15 is 0 Å². The first-order chi connectivity index (χ1) is 11.6. The van der Waals surface area contributed by atoms with Crippen LogP contribution in [0.2, 0.25) is 0 Å². The molecule has 0 fully saturated rings. The van der Waals surface area contributed by atoms with Gasteiger partial charge >= 0.3 is 0 Å². The van der Waals surface area contributed by atoms with Crippen LogP contribution >= 0.6 is 0 Å². The van der Waals surface area contributed by atoms with E-state index in [0.717, 1.165) is 0 Å². The first kappa shape index (κ1) is 22.7. The molecule has 2 heteroatoms. The topological polar surface area (TPSA) is 15.6 Å². The molecule has 0 radical (unpaired) electrons. The molecule has 0 aliphatic carbocycles. The highest BCUT2D eigenvalue weighted by molar-refractivity contribution is 5.58. The van der Waals surface area contributed by atoms with Gasteiger partial charge in [-0.15, -0.1) is 0 Å². The summed E-state index contributed by atoms with van der Waals surface area (Å²) in [5.74, 6) is 0. The fraction of sp³-hybridized carbons (Fsp3) is 0.682. The van der Waals surface area contributed by atoms with Crippen molar-refractivity contribution in [3.63, 3.8) is 0 Å². The maximum absolute atomic E-state index is 4.38. The van der Waals surface area contributed by atoms with Gasteiger partial charge in [0, 0.05) is 11.7 Å². The van der Waals surface area contributed by atoms with Gasteiger partial charge in [0.05, 0.1) is 6.34 Å². The molecule has 0 rings (SSSR count). The van der Waals surface area contributed by atoms with Crippen LogP contribution in [0, 0.1) is 0 Å². The maximum Gasteiger partial charge on any atom is 0.0949 e. The fourth-order valence-electron chi connectivity index (χ4n) is 3.05. The lowest BCUT2D eigenvalue weighted by Gasteiger charge is -2.38. The van der Waals surface area contributed by atoms with Crippen LogP contribution in [0.15, 0.2) is 42.7 Å². The summed E-state index contributed by atoms with van der Waals surface area (Å²) in [5.41, 5.74) is 0.118. The number of unbranched alkanes of at least 4 members (excludes halogenated alkanes) is 7. The predicted octanol–water partition coefficient (Wildman–Crippen LogP) is 7.25. The lowest BCUT2D eigenvalue weighted by atomic mass is 9.87. The van der Waals surface area contributed by atoms with Crippen molar-refractivity contribution in [1.82, 2.24) is 4.90 Å². The minimum Gasteiger partial charge on any atom is -0.334 e. The number of aliphatic imine (C=N–C) groups is 1. The second-order valence-corrected chi connectivity index (χ2v) is 6.90. The van der Waals surface area contributed by atoms with Crippen LogP contribution in [-0.2, 0) is 0 Å². The van der Waals surface area contributed by atoms with E-state index in [1.807, 2.05) is 18.6 Å². The van der Waals surface area contributed by atoms with Crippen molar-refractivity contribution < 1.29 is 0 Å². The first-order valence-electron chi connectivity index (χ1n) is 9.86. The third kappa shape index (κ3) is 10.5. The molecule has 0 aromatic rings. The molecule has 1 unspecified atom stereocenters. The molecule has 0 N–H and O–H groups in total. The van der Waals surface area contributed by atoms with Gasteiger partial charge in [0.15, 0.2) is 0 Å². The van der Waals surface area contributed by atoms with E-state index in [4.69, 9.17) is 0 Å². The average molecular weight is 333 g/mol. The van der Waals surface area contributed by atoms with Crippen LogP contribution in [0.3, 0.4) is 0 Å². The van der Waals surface area contributed by atoms with E-state index in [1.54, 1.807) is 12.3 Å². The van der Waals surface area contributed by atoms with E-state index in [1.165, 1.54) is 70.6 Å². The molecular weight excluding hydrogens is 292 g/mol. The van der Waals surface area contributed by atoms with Gasteiger partial charge in [-0.1, -0.05) is 90.9 Å². The SMILES string of the molecule is C=C/C=C\N=C/N(C=C)C(C)(CCCCCC)CCCCCCC. The molecule has 0 spiro atoms. The third-order valence-electron chi connectivity index (χ3n) is 4.71. The first-order valence-corrected chi connectivity index (χ1v) is 9.86. The van der Waals surface area contributed by atoms with E-state index < -0.39 is 0 Å². The Labute approximate surface area is 151 Å². The summed E-state index contributed by atoms with van der Waals surface area (Å²) < 4.78 is 0. The number of rotatable bonds is 16. The quantitative estimate of drug-likeness (QED) is 0.126. The highest BCUT2D eigenvalue weighted by atomic mass is 15.2. The minimum atomic E-state index is 0.118. The zero-order valence-corrected chi connectivity index (χ0v) is 16.5. The van der Waals surface area contributed by atoms with Crippen molar-refractivity contribution in [3.8, 4) is 0 Å². The number of allylic oxidation sites excluding steroid dienone is 2. The molecule has 0 saturated carbocycles. The second kappa shape index (κ2) is 15.2. The molecule has 0 amide bonds. The number of nitrogens with zero attached hydrogens (tertiary/aromatic N) is 2. The Morgan fingerprint density at radius 1 is 0.875 bits per heavy atom. The van der Waals surface area contributed by atoms with Crippen LogP contribution in [0.5, 0.6) is 0 Å². The van der Waals surface area contributed by atoms with Crippen molar-refractivity contribution in [2.24, 2.45) is 4.99 Å². The molecule has 24 heavy (non-hydrogen) atoms. The summed E-state index contributed by atoms with van der Waals surface area (Å²) in [7, 11) is 0. The lowest BCUT2D eigenvalue weighted by molar-refractivity contribution is 0.211. The highest BCUT2D eigenvalue weighted by Crippen LogP contribution is 2.28. The van der Waals surface area contributed by atoms with Crippen LogP contribution in [0.1, 0.15) is 91.4 Å². The van der Waals surface area contributed by atoms with Crippen LogP contribution in [-0.4, -0.2) is 16.8 Å². The fourth-order valence-corrected chi connectivity index (χ4v) is 3.05. The van der Waals surface area contributed by atoms with E-state index in [0.29, 0.717) is 0 Å². The van der Waals surface area contributed by atoms with Crippen molar-refractivity contribution in [1.29, 1.82) is 0 Å². The summed E-state index contributed by atoms with van der Waals surface area (Å²) in [5, 5.41) is 0. The van der Waals surface area contributed by atoms with Crippen molar-refractivity contribution in [2.45, 2.75) is 96.9 Å². The average Bonchev–Trinajstić information content (AvgIpc) is 2.58. The molecule has 2 nitrogen and oxygen atoms in total. The molecule has 0 aromatic carbocycles. The largest absolute Gasteiger partial charge is 0.334 e. The normalized spacial score (nSPS) is 14.1. The Kier molecular flexibility index (Phi) is 14.4. The molecule has 0 heterocycles. The number of hydrogen-bond donors (Lipinski definition) is 0. The van der Waals surface area contributed by atoms with E-state index in [9.17, 15) is 0 Å². The standard InChI is InChI=1S/C22H40N2/c1-6-10-13-15-17-19-22(5,18-16-14-11-7-2)24(9-4)21-23-20-12-8-3/h8-9,12,20-21H,3-4,6-7,10-11,13-19H2,1-2,5H3/b20-12-,23-21-. The van der Waals surface area contributed by atoms with Gasteiger partial charge in [0.25, 0.3) is 0 Å². The number of hydrogen-bond acceptors (Lipinski definition) is 1. The minimum absolute atomic E-state index is 0.118. The van der Waals surface area contributed by atoms with Crippen LogP contribution in [0.4, 0.5) is 0 Å². The molecular formula is C22H40N2. The van der Waals surface area contributed by atoms with E-state index in [2.05, 4.69) is 43.8 Å². The van der Waals surface area contributed by atoms with Gasteiger partial charge in [0.2, 0.25) is 0 Å². The van der Waals surface area contributed by atoms with Gasteiger partial charge in [-0.3, -0.25) is 0 Å². The van der Waals surface area contributed by atoms with E-state index in [-0.39, 0.29) is 5.54 Å². The van der Waals surface area contributed by atoms with Gasteiger partial charge in [-0.2, -0.15) is 0 Å². The Morgan fingerprint density at radius 2 is 1.42 bits per heavy atom. The molecule has 0 aliphatic heterocycles. The van der Waals surface area contributed by atoms with Crippen LogP contribution < -0.4 is 0 Å². The Hall–Kier alpha value is -1.31. The summed E-state index contributed by atoms with van der Waals surface area (Å²) in [6.07, 6.45) is 23.4.